The lowest BCUT2D eigenvalue weighted by molar-refractivity contribution is -0.131. The van der Waals surface area contributed by atoms with Gasteiger partial charge in [0.25, 0.3) is 5.91 Å². The standard InChI is InChI=1S/C22H22ClF2N3O3S/c1-14(32-13-20(29)26-17-5-2-15(24)3-6-17)21(30)27-8-10-28(11-9-27)22(31)18-7-4-16(25)12-19(18)23/h2-7,12,14H,8-11,13H2,1H3,(H,26,29). The van der Waals surface area contributed by atoms with Gasteiger partial charge >= 0.3 is 0 Å². The third-order valence-corrected chi connectivity index (χ3v) is 6.42. The molecule has 0 aromatic heterocycles. The smallest absolute Gasteiger partial charge is 0.255 e. The van der Waals surface area contributed by atoms with Gasteiger partial charge in [0, 0.05) is 31.9 Å². The monoisotopic (exact) mass is 481 g/mol. The largest absolute Gasteiger partial charge is 0.338 e. The summed E-state index contributed by atoms with van der Waals surface area (Å²) in [4.78, 5) is 40.7. The number of nitrogens with one attached hydrogen (secondary N) is 1. The van der Waals surface area contributed by atoms with E-state index in [0.29, 0.717) is 31.9 Å². The van der Waals surface area contributed by atoms with Gasteiger partial charge in [0.15, 0.2) is 0 Å². The summed E-state index contributed by atoms with van der Waals surface area (Å²) in [6.45, 7) is 3.11. The molecular formula is C22H22ClF2N3O3S. The Morgan fingerprint density at radius 2 is 1.59 bits per heavy atom. The molecule has 1 saturated heterocycles. The number of thioether (sulfide) groups is 1. The molecule has 32 heavy (non-hydrogen) atoms. The summed E-state index contributed by atoms with van der Waals surface area (Å²) in [6.07, 6.45) is 0. The zero-order valence-electron chi connectivity index (χ0n) is 17.3. The topological polar surface area (TPSA) is 69.7 Å². The Hall–Kier alpha value is -2.65. The van der Waals surface area contributed by atoms with Crippen molar-refractivity contribution in [2.24, 2.45) is 0 Å². The number of carbonyl (C=O) groups excluding carboxylic acids is 3. The van der Waals surface area contributed by atoms with Crippen LogP contribution < -0.4 is 5.32 Å². The minimum atomic E-state index is -0.514. The van der Waals surface area contributed by atoms with Crippen LogP contribution in [0.4, 0.5) is 14.5 Å². The van der Waals surface area contributed by atoms with Crippen LogP contribution in [0.25, 0.3) is 0 Å². The van der Waals surface area contributed by atoms with Crippen LogP contribution in [-0.4, -0.2) is 64.7 Å². The van der Waals surface area contributed by atoms with E-state index in [1.165, 1.54) is 48.2 Å². The van der Waals surface area contributed by atoms with Gasteiger partial charge < -0.3 is 15.1 Å². The van der Waals surface area contributed by atoms with Crippen LogP contribution in [0.5, 0.6) is 0 Å². The average Bonchev–Trinajstić information content (AvgIpc) is 2.78. The van der Waals surface area contributed by atoms with Crippen molar-refractivity contribution in [3.8, 4) is 0 Å². The maximum atomic E-state index is 13.2. The van der Waals surface area contributed by atoms with Gasteiger partial charge in [-0.05, 0) is 49.4 Å². The second-order valence-electron chi connectivity index (χ2n) is 7.25. The molecule has 6 nitrogen and oxygen atoms in total. The summed E-state index contributed by atoms with van der Waals surface area (Å²) >= 11 is 7.18. The first-order valence-corrected chi connectivity index (χ1v) is 11.4. The fourth-order valence-corrected chi connectivity index (χ4v) is 4.24. The number of hydrogen-bond acceptors (Lipinski definition) is 4. The van der Waals surface area contributed by atoms with E-state index in [1.807, 2.05) is 0 Å². The number of rotatable bonds is 6. The van der Waals surface area contributed by atoms with Crippen LogP contribution in [-0.2, 0) is 9.59 Å². The number of carbonyl (C=O) groups is 3. The fourth-order valence-electron chi connectivity index (χ4n) is 3.22. The van der Waals surface area contributed by atoms with Gasteiger partial charge in [-0.15, -0.1) is 11.8 Å². The first-order chi connectivity index (χ1) is 15.2. The highest BCUT2D eigenvalue weighted by Crippen LogP contribution is 2.21. The van der Waals surface area contributed by atoms with Crippen molar-refractivity contribution in [3.05, 3.63) is 64.7 Å². The molecule has 3 amide bonds. The number of nitrogens with zero attached hydrogens (tertiary/aromatic N) is 2. The van der Waals surface area contributed by atoms with Crippen molar-refractivity contribution in [2.75, 3.05) is 37.2 Å². The first kappa shape index (κ1) is 24.0. The molecule has 170 valence electrons. The lowest BCUT2D eigenvalue weighted by atomic mass is 10.1. The Bertz CT molecular complexity index is 998. The van der Waals surface area contributed by atoms with Gasteiger partial charge in [0.2, 0.25) is 11.8 Å². The van der Waals surface area contributed by atoms with Gasteiger partial charge in [-0.25, -0.2) is 8.78 Å². The van der Waals surface area contributed by atoms with Crippen molar-refractivity contribution in [1.82, 2.24) is 9.80 Å². The summed E-state index contributed by atoms with van der Waals surface area (Å²) in [5.74, 6) is -1.53. The highest BCUT2D eigenvalue weighted by Gasteiger charge is 2.28. The van der Waals surface area contributed by atoms with Gasteiger partial charge in [-0.2, -0.15) is 0 Å². The number of amides is 3. The lowest BCUT2D eigenvalue weighted by Gasteiger charge is -2.36. The van der Waals surface area contributed by atoms with E-state index in [4.69, 9.17) is 11.6 Å². The van der Waals surface area contributed by atoms with E-state index in [1.54, 1.807) is 16.7 Å². The lowest BCUT2D eigenvalue weighted by Crippen LogP contribution is -2.52. The first-order valence-electron chi connectivity index (χ1n) is 9.94. The predicted molar refractivity (Wildman–Crippen MR) is 121 cm³/mol. The molecule has 1 atom stereocenters. The molecule has 2 aromatic carbocycles. The van der Waals surface area contributed by atoms with Gasteiger partial charge in [0.05, 0.1) is 21.6 Å². The highest BCUT2D eigenvalue weighted by atomic mass is 35.5. The van der Waals surface area contributed by atoms with Crippen LogP contribution >= 0.6 is 23.4 Å². The minimum absolute atomic E-state index is 0.0532. The van der Waals surface area contributed by atoms with E-state index < -0.39 is 11.1 Å². The molecule has 1 N–H and O–H groups in total. The van der Waals surface area contributed by atoms with Crippen LogP contribution in [0.15, 0.2) is 42.5 Å². The third kappa shape index (κ3) is 6.20. The SMILES string of the molecule is CC(SCC(=O)Nc1ccc(F)cc1)C(=O)N1CCN(C(=O)c2ccc(F)cc2Cl)CC1. The Balaban J connectivity index is 1.45. The van der Waals surface area contributed by atoms with E-state index >= 15 is 0 Å². The molecule has 1 heterocycles. The Morgan fingerprint density at radius 3 is 2.22 bits per heavy atom. The number of anilines is 1. The Morgan fingerprint density at radius 1 is 1.00 bits per heavy atom. The molecule has 1 aliphatic rings. The van der Waals surface area contributed by atoms with Crippen LogP contribution in [0, 0.1) is 11.6 Å². The summed E-state index contributed by atoms with van der Waals surface area (Å²) in [7, 11) is 0. The van der Waals surface area contributed by atoms with E-state index in [-0.39, 0.29) is 39.9 Å². The van der Waals surface area contributed by atoms with Crippen molar-refractivity contribution in [2.45, 2.75) is 12.2 Å². The van der Waals surface area contributed by atoms with Crippen LogP contribution in [0.3, 0.4) is 0 Å². The van der Waals surface area contributed by atoms with Crippen molar-refractivity contribution in [3.63, 3.8) is 0 Å². The Labute approximate surface area is 193 Å². The number of piperazine rings is 1. The number of hydrogen-bond donors (Lipinski definition) is 1. The molecule has 1 aliphatic heterocycles. The summed E-state index contributed by atoms with van der Waals surface area (Å²) in [5.41, 5.74) is 0.710. The van der Waals surface area contributed by atoms with Gasteiger partial charge in [-0.1, -0.05) is 11.6 Å². The predicted octanol–water partition coefficient (Wildman–Crippen LogP) is 3.66. The Kier molecular flexibility index (Phi) is 8.09. The van der Waals surface area contributed by atoms with Crippen molar-refractivity contribution >= 4 is 46.8 Å². The zero-order valence-corrected chi connectivity index (χ0v) is 18.9. The molecule has 1 fully saturated rings. The molecule has 0 radical (unpaired) electrons. The second kappa shape index (κ2) is 10.8. The molecule has 10 heteroatoms. The maximum Gasteiger partial charge on any atom is 0.255 e. The van der Waals surface area contributed by atoms with Gasteiger partial charge in [0.1, 0.15) is 11.6 Å². The van der Waals surface area contributed by atoms with E-state index in [9.17, 15) is 23.2 Å². The molecule has 2 aromatic rings. The number of benzene rings is 2. The van der Waals surface area contributed by atoms with E-state index in [2.05, 4.69) is 5.32 Å². The maximum absolute atomic E-state index is 13.2. The highest BCUT2D eigenvalue weighted by molar-refractivity contribution is 8.01. The molecular weight excluding hydrogens is 460 g/mol. The molecule has 0 bridgehead atoms. The fraction of sp³-hybridized carbons (Fsp3) is 0.318. The summed E-state index contributed by atoms with van der Waals surface area (Å²) < 4.78 is 26.1. The second-order valence-corrected chi connectivity index (χ2v) is 8.99. The van der Waals surface area contributed by atoms with Crippen LogP contribution in [0.1, 0.15) is 17.3 Å². The zero-order chi connectivity index (χ0) is 23.3. The molecule has 3 rings (SSSR count). The molecule has 0 aliphatic carbocycles. The third-order valence-electron chi connectivity index (χ3n) is 4.98. The van der Waals surface area contributed by atoms with E-state index in [0.717, 1.165) is 6.07 Å². The average molecular weight is 482 g/mol. The minimum Gasteiger partial charge on any atom is -0.338 e. The molecule has 1 unspecified atom stereocenters. The van der Waals surface area contributed by atoms with Crippen molar-refractivity contribution in [1.29, 1.82) is 0 Å². The van der Waals surface area contributed by atoms with Gasteiger partial charge in [-0.3, -0.25) is 14.4 Å². The van der Waals surface area contributed by atoms with Crippen molar-refractivity contribution < 1.29 is 23.2 Å². The molecule has 0 spiro atoms. The summed E-state index contributed by atoms with van der Waals surface area (Å²) in [5, 5.41) is 2.27. The quantitative estimate of drug-likeness (QED) is 0.683. The molecule has 0 saturated carbocycles. The van der Waals surface area contributed by atoms with Crippen LogP contribution in [0.2, 0.25) is 5.02 Å². The normalized spacial score (nSPS) is 14.8. The number of halogens is 3. The summed E-state index contributed by atoms with van der Waals surface area (Å²) in [6, 6.07) is 9.07.